The molecule has 21 heavy (non-hydrogen) atoms. The van der Waals surface area contributed by atoms with Gasteiger partial charge in [0.25, 0.3) is 0 Å². The Kier molecular flexibility index (Phi) is 4.21. The normalized spacial score (nSPS) is 31.8. The van der Waals surface area contributed by atoms with E-state index in [0.29, 0.717) is 0 Å². The second kappa shape index (κ2) is 5.96. The van der Waals surface area contributed by atoms with E-state index < -0.39 is 0 Å². The Morgan fingerprint density at radius 3 is 2.76 bits per heavy atom. The molecule has 1 heterocycles. The summed E-state index contributed by atoms with van der Waals surface area (Å²) in [7, 11) is 1.96. The summed E-state index contributed by atoms with van der Waals surface area (Å²) in [5.41, 5.74) is 0.932. The number of rotatable bonds is 3. The molecule has 1 aromatic carbocycles. The second-order valence-corrected chi connectivity index (χ2v) is 6.74. The van der Waals surface area contributed by atoms with E-state index in [4.69, 9.17) is 4.74 Å². The van der Waals surface area contributed by atoms with Crippen LogP contribution in [-0.4, -0.2) is 12.6 Å². The van der Waals surface area contributed by atoms with Crippen molar-refractivity contribution in [3.63, 3.8) is 0 Å². The van der Waals surface area contributed by atoms with Gasteiger partial charge < -0.3 is 10.1 Å². The lowest BCUT2D eigenvalue weighted by molar-refractivity contribution is -0.0150. The SMILES string of the molecule is CCCC1CCC2(CC1)CC(NC)c1cc(F)ccc1O2. The number of halogens is 1. The van der Waals surface area contributed by atoms with Crippen molar-refractivity contribution in [3.8, 4) is 5.75 Å². The number of nitrogens with one attached hydrogen (secondary N) is 1. The molecule has 0 aromatic heterocycles. The van der Waals surface area contributed by atoms with E-state index in [1.807, 2.05) is 7.05 Å². The minimum absolute atomic E-state index is 0.0389. The number of fused-ring (bicyclic) bond motifs is 1. The molecule has 1 aliphatic heterocycles. The fraction of sp³-hybridized carbons (Fsp3) is 0.667. The van der Waals surface area contributed by atoms with Crippen LogP contribution in [0.15, 0.2) is 18.2 Å². The van der Waals surface area contributed by atoms with E-state index in [0.717, 1.165) is 36.5 Å². The zero-order valence-corrected chi connectivity index (χ0v) is 13.1. The number of ether oxygens (including phenoxy) is 1. The molecule has 116 valence electrons. The Bertz CT molecular complexity index is 494. The van der Waals surface area contributed by atoms with Crippen LogP contribution < -0.4 is 10.1 Å². The van der Waals surface area contributed by atoms with Gasteiger partial charge in [0.1, 0.15) is 17.2 Å². The van der Waals surface area contributed by atoms with Gasteiger partial charge in [0, 0.05) is 18.0 Å². The zero-order valence-electron chi connectivity index (χ0n) is 13.1. The van der Waals surface area contributed by atoms with Crippen molar-refractivity contribution in [3.05, 3.63) is 29.6 Å². The van der Waals surface area contributed by atoms with Crippen LogP contribution in [0.3, 0.4) is 0 Å². The van der Waals surface area contributed by atoms with Gasteiger partial charge in [0.15, 0.2) is 0 Å². The number of hydrogen-bond acceptors (Lipinski definition) is 2. The van der Waals surface area contributed by atoms with E-state index in [1.165, 1.54) is 31.7 Å². The molecular weight excluding hydrogens is 265 g/mol. The molecular formula is C18H26FNO. The summed E-state index contributed by atoms with van der Waals surface area (Å²) in [5, 5.41) is 3.35. The molecule has 0 amide bonds. The van der Waals surface area contributed by atoms with E-state index >= 15 is 0 Å². The lowest BCUT2D eigenvalue weighted by Crippen LogP contribution is -2.46. The van der Waals surface area contributed by atoms with Crippen LogP contribution in [0.5, 0.6) is 5.75 Å². The Morgan fingerprint density at radius 2 is 2.10 bits per heavy atom. The monoisotopic (exact) mass is 291 g/mol. The van der Waals surface area contributed by atoms with Gasteiger partial charge in [-0.05, 0) is 56.8 Å². The Morgan fingerprint density at radius 1 is 1.33 bits per heavy atom. The second-order valence-electron chi connectivity index (χ2n) is 6.74. The summed E-state index contributed by atoms with van der Waals surface area (Å²) in [6, 6.07) is 5.13. The maximum absolute atomic E-state index is 13.5. The maximum atomic E-state index is 13.5. The van der Waals surface area contributed by atoms with Crippen LogP contribution in [-0.2, 0) is 0 Å². The van der Waals surface area contributed by atoms with E-state index in [1.54, 1.807) is 12.1 Å². The van der Waals surface area contributed by atoms with Crippen LogP contribution in [0.25, 0.3) is 0 Å². The molecule has 3 rings (SSSR count). The van der Waals surface area contributed by atoms with Crippen LogP contribution in [0.2, 0.25) is 0 Å². The molecule has 3 heteroatoms. The van der Waals surface area contributed by atoms with Crippen LogP contribution in [0.1, 0.15) is 63.5 Å². The molecule has 1 fully saturated rings. The van der Waals surface area contributed by atoms with Gasteiger partial charge >= 0.3 is 0 Å². The molecule has 1 saturated carbocycles. The third-order valence-electron chi connectivity index (χ3n) is 5.31. The molecule has 2 nitrogen and oxygen atoms in total. The average molecular weight is 291 g/mol. The van der Waals surface area contributed by atoms with Crippen molar-refractivity contribution < 1.29 is 9.13 Å². The minimum Gasteiger partial charge on any atom is -0.487 e. The summed E-state index contributed by atoms with van der Waals surface area (Å²) in [5.74, 6) is 1.56. The van der Waals surface area contributed by atoms with Crippen molar-refractivity contribution in [1.29, 1.82) is 0 Å². The van der Waals surface area contributed by atoms with Gasteiger partial charge in [-0.25, -0.2) is 4.39 Å². The molecule has 0 bridgehead atoms. The van der Waals surface area contributed by atoms with Crippen LogP contribution >= 0.6 is 0 Å². The predicted molar refractivity (Wildman–Crippen MR) is 83.0 cm³/mol. The highest BCUT2D eigenvalue weighted by atomic mass is 19.1. The highest BCUT2D eigenvalue weighted by Gasteiger charge is 2.43. The van der Waals surface area contributed by atoms with Gasteiger partial charge in [0.2, 0.25) is 0 Å². The first kappa shape index (κ1) is 14.8. The standard InChI is InChI=1S/C18H26FNO/c1-3-4-13-7-9-18(10-8-13)12-16(20-2)15-11-14(19)5-6-17(15)21-18/h5-6,11,13,16,20H,3-4,7-10,12H2,1-2H3. The van der Waals surface area contributed by atoms with Crippen molar-refractivity contribution >= 4 is 0 Å². The third-order valence-corrected chi connectivity index (χ3v) is 5.31. The maximum Gasteiger partial charge on any atom is 0.125 e. The summed E-state index contributed by atoms with van der Waals surface area (Å²) >= 11 is 0. The first-order chi connectivity index (χ1) is 10.2. The predicted octanol–water partition coefficient (Wildman–Crippen LogP) is 4.60. The molecule has 1 spiro atoms. The Balaban J connectivity index is 1.79. The zero-order chi connectivity index (χ0) is 14.9. The molecule has 0 saturated heterocycles. The summed E-state index contributed by atoms with van der Waals surface area (Å²) < 4.78 is 19.9. The van der Waals surface area contributed by atoms with E-state index in [9.17, 15) is 4.39 Å². The van der Waals surface area contributed by atoms with Gasteiger partial charge in [0.05, 0.1) is 0 Å². The summed E-state index contributed by atoms with van der Waals surface area (Å²) in [6.07, 6.45) is 8.37. The topological polar surface area (TPSA) is 21.3 Å². The van der Waals surface area contributed by atoms with Crippen molar-refractivity contribution in [1.82, 2.24) is 5.32 Å². The molecule has 2 aliphatic rings. The first-order valence-electron chi connectivity index (χ1n) is 8.31. The molecule has 1 aliphatic carbocycles. The van der Waals surface area contributed by atoms with Gasteiger partial charge in [-0.3, -0.25) is 0 Å². The molecule has 0 radical (unpaired) electrons. The smallest absolute Gasteiger partial charge is 0.125 e. The minimum atomic E-state index is -0.180. The van der Waals surface area contributed by atoms with Crippen LogP contribution in [0.4, 0.5) is 4.39 Å². The van der Waals surface area contributed by atoms with Crippen LogP contribution in [0, 0.1) is 11.7 Å². The fourth-order valence-electron chi connectivity index (χ4n) is 4.11. The third kappa shape index (κ3) is 2.94. The van der Waals surface area contributed by atoms with E-state index in [2.05, 4.69) is 12.2 Å². The van der Waals surface area contributed by atoms with Crippen molar-refractivity contribution in [2.45, 2.75) is 63.5 Å². The van der Waals surface area contributed by atoms with Gasteiger partial charge in [-0.2, -0.15) is 0 Å². The Hall–Kier alpha value is -1.09. The highest BCUT2D eigenvalue weighted by Crippen LogP contribution is 2.47. The highest BCUT2D eigenvalue weighted by molar-refractivity contribution is 5.39. The number of benzene rings is 1. The van der Waals surface area contributed by atoms with Crippen molar-refractivity contribution in [2.75, 3.05) is 7.05 Å². The quantitative estimate of drug-likeness (QED) is 0.879. The summed E-state index contributed by atoms with van der Waals surface area (Å²) in [6.45, 7) is 2.27. The average Bonchev–Trinajstić information content (AvgIpc) is 2.50. The Labute approximate surface area is 127 Å². The molecule has 1 aromatic rings. The molecule has 1 N–H and O–H groups in total. The number of hydrogen-bond donors (Lipinski definition) is 1. The van der Waals surface area contributed by atoms with Crippen molar-refractivity contribution in [2.24, 2.45) is 5.92 Å². The summed E-state index contributed by atoms with van der Waals surface area (Å²) in [4.78, 5) is 0. The van der Waals surface area contributed by atoms with Gasteiger partial charge in [-0.1, -0.05) is 19.8 Å². The molecule has 1 unspecified atom stereocenters. The molecule has 1 atom stereocenters. The van der Waals surface area contributed by atoms with Gasteiger partial charge in [-0.15, -0.1) is 0 Å². The van der Waals surface area contributed by atoms with E-state index in [-0.39, 0.29) is 17.5 Å². The first-order valence-corrected chi connectivity index (χ1v) is 8.31. The largest absolute Gasteiger partial charge is 0.487 e. The lowest BCUT2D eigenvalue weighted by atomic mass is 9.72. The lowest BCUT2D eigenvalue weighted by Gasteiger charge is -2.46. The fourth-order valence-corrected chi connectivity index (χ4v) is 4.11.